The molecule has 1 amide bonds. The molecule has 32 heavy (non-hydrogen) atoms. The van der Waals surface area contributed by atoms with Gasteiger partial charge in [0.15, 0.2) is 6.10 Å². The highest BCUT2D eigenvalue weighted by Crippen LogP contribution is 2.22. The average molecular weight is 448 g/mol. The number of benzene rings is 3. The van der Waals surface area contributed by atoms with E-state index in [2.05, 4.69) is 15.0 Å². The number of sulfonamides is 1. The number of hydrogen-bond acceptors (Lipinski definition) is 5. The Morgan fingerprint density at radius 3 is 2.38 bits per heavy atom. The SMILES string of the molecule is C[C@H](Oc1ccc2ccccc2c1)C(=O)Nc1ccc(S(=O)(=O)Nc2cccnc2)cc1. The zero-order chi connectivity index (χ0) is 22.6. The van der Waals surface area contributed by atoms with E-state index in [9.17, 15) is 13.2 Å². The van der Waals surface area contributed by atoms with Gasteiger partial charge in [-0.3, -0.25) is 14.5 Å². The van der Waals surface area contributed by atoms with Gasteiger partial charge in [0.2, 0.25) is 0 Å². The summed E-state index contributed by atoms with van der Waals surface area (Å²) in [6.45, 7) is 1.65. The molecule has 0 saturated heterocycles. The van der Waals surface area contributed by atoms with Crippen LogP contribution >= 0.6 is 0 Å². The van der Waals surface area contributed by atoms with Crippen LogP contribution in [0.5, 0.6) is 5.75 Å². The highest BCUT2D eigenvalue weighted by molar-refractivity contribution is 7.92. The highest BCUT2D eigenvalue weighted by Gasteiger charge is 2.17. The van der Waals surface area contributed by atoms with E-state index in [1.54, 1.807) is 25.3 Å². The number of nitrogens with one attached hydrogen (secondary N) is 2. The van der Waals surface area contributed by atoms with Crippen LogP contribution in [-0.4, -0.2) is 25.4 Å². The topological polar surface area (TPSA) is 97.4 Å². The number of ether oxygens (including phenoxy) is 1. The molecule has 4 rings (SSSR count). The molecular formula is C24H21N3O4S. The Bertz CT molecular complexity index is 1340. The zero-order valence-corrected chi connectivity index (χ0v) is 18.0. The van der Waals surface area contributed by atoms with Crippen LogP contribution in [0.2, 0.25) is 0 Å². The number of pyridine rings is 1. The Labute approximate surface area is 186 Å². The van der Waals surface area contributed by atoms with Gasteiger partial charge < -0.3 is 10.1 Å². The zero-order valence-electron chi connectivity index (χ0n) is 17.2. The highest BCUT2D eigenvalue weighted by atomic mass is 32.2. The lowest BCUT2D eigenvalue weighted by Gasteiger charge is -2.15. The molecule has 7 nitrogen and oxygen atoms in total. The molecule has 0 aliphatic rings. The second-order valence-corrected chi connectivity index (χ2v) is 8.81. The Kier molecular flexibility index (Phi) is 6.04. The monoisotopic (exact) mass is 447 g/mol. The van der Waals surface area contributed by atoms with Gasteiger partial charge in [0, 0.05) is 11.9 Å². The maximum Gasteiger partial charge on any atom is 0.265 e. The number of rotatable bonds is 7. The first kappa shape index (κ1) is 21.3. The lowest BCUT2D eigenvalue weighted by atomic mass is 10.1. The van der Waals surface area contributed by atoms with Gasteiger partial charge in [-0.1, -0.05) is 30.3 Å². The number of carbonyl (C=O) groups is 1. The molecule has 0 aliphatic heterocycles. The summed E-state index contributed by atoms with van der Waals surface area (Å²) in [7, 11) is -3.76. The summed E-state index contributed by atoms with van der Waals surface area (Å²) in [4.78, 5) is 16.5. The van der Waals surface area contributed by atoms with Gasteiger partial charge in [-0.15, -0.1) is 0 Å². The molecule has 8 heteroatoms. The Morgan fingerprint density at radius 2 is 1.66 bits per heavy atom. The quantitative estimate of drug-likeness (QED) is 0.436. The van der Waals surface area contributed by atoms with Crippen molar-refractivity contribution >= 4 is 38.1 Å². The van der Waals surface area contributed by atoms with Crippen molar-refractivity contribution in [3.63, 3.8) is 0 Å². The fourth-order valence-electron chi connectivity index (χ4n) is 3.10. The van der Waals surface area contributed by atoms with Crippen molar-refractivity contribution in [2.24, 2.45) is 0 Å². The molecule has 3 aromatic carbocycles. The van der Waals surface area contributed by atoms with Gasteiger partial charge in [-0.2, -0.15) is 0 Å². The van der Waals surface area contributed by atoms with Crippen molar-refractivity contribution in [3.05, 3.63) is 91.3 Å². The Morgan fingerprint density at radius 1 is 0.906 bits per heavy atom. The largest absolute Gasteiger partial charge is 0.481 e. The summed E-state index contributed by atoms with van der Waals surface area (Å²) >= 11 is 0. The summed E-state index contributed by atoms with van der Waals surface area (Å²) in [5.41, 5.74) is 0.828. The number of aromatic nitrogens is 1. The van der Waals surface area contributed by atoms with Crippen molar-refractivity contribution in [2.45, 2.75) is 17.9 Å². The second kappa shape index (κ2) is 9.07. The molecule has 1 aromatic heterocycles. The van der Waals surface area contributed by atoms with E-state index in [4.69, 9.17) is 4.74 Å². The van der Waals surface area contributed by atoms with Gasteiger partial charge in [0.25, 0.3) is 15.9 Å². The van der Waals surface area contributed by atoms with Crippen LogP contribution in [0.4, 0.5) is 11.4 Å². The molecule has 0 saturated carbocycles. The molecule has 0 fully saturated rings. The predicted octanol–water partition coefficient (Wildman–Crippen LogP) is 4.44. The van der Waals surface area contributed by atoms with E-state index < -0.39 is 16.1 Å². The molecule has 0 aliphatic carbocycles. The van der Waals surface area contributed by atoms with Crippen LogP contribution in [-0.2, 0) is 14.8 Å². The number of amides is 1. The number of carbonyl (C=O) groups excluding carboxylic acids is 1. The number of nitrogens with zero attached hydrogens (tertiary/aromatic N) is 1. The lowest BCUT2D eigenvalue weighted by Crippen LogP contribution is -2.30. The molecule has 4 aromatic rings. The molecule has 0 spiro atoms. The maximum atomic E-state index is 12.5. The molecular weight excluding hydrogens is 426 g/mol. The third-order valence-corrected chi connectivity index (χ3v) is 6.15. The van der Waals surface area contributed by atoms with Crippen LogP contribution < -0.4 is 14.8 Å². The van der Waals surface area contributed by atoms with Gasteiger partial charge in [-0.05, 0) is 66.2 Å². The summed E-state index contributed by atoms with van der Waals surface area (Å²) < 4.78 is 33.2. The van der Waals surface area contributed by atoms with E-state index in [1.165, 1.54) is 30.5 Å². The van der Waals surface area contributed by atoms with Crippen molar-refractivity contribution in [1.29, 1.82) is 0 Å². The molecule has 162 valence electrons. The third-order valence-electron chi connectivity index (χ3n) is 4.75. The molecule has 1 atom stereocenters. The lowest BCUT2D eigenvalue weighted by molar-refractivity contribution is -0.122. The number of hydrogen-bond donors (Lipinski definition) is 2. The summed E-state index contributed by atoms with van der Waals surface area (Å²) in [6.07, 6.45) is 2.23. The summed E-state index contributed by atoms with van der Waals surface area (Å²) in [5, 5.41) is 4.85. The van der Waals surface area contributed by atoms with Crippen LogP contribution in [0, 0.1) is 0 Å². The Balaban J connectivity index is 1.39. The average Bonchev–Trinajstić information content (AvgIpc) is 2.79. The molecule has 0 unspecified atom stereocenters. The van der Waals surface area contributed by atoms with E-state index in [0.29, 0.717) is 17.1 Å². The van der Waals surface area contributed by atoms with Gasteiger partial charge in [0.1, 0.15) is 5.75 Å². The summed E-state index contributed by atoms with van der Waals surface area (Å²) in [5.74, 6) is 0.247. The standard InChI is InChI=1S/C24H21N3O4S/c1-17(31-22-11-8-18-5-2-3-6-19(18)15-22)24(28)26-20-9-12-23(13-10-20)32(29,30)27-21-7-4-14-25-16-21/h2-17,27H,1H3,(H,26,28)/t17-/m0/s1. The molecule has 2 N–H and O–H groups in total. The minimum atomic E-state index is -3.76. The van der Waals surface area contributed by atoms with Crippen molar-refractivity contribution in [2.75, 3.05) is 10.0 Å². The maximum absolute atomic E-state index is 12.5. The second-order valence-electron chi connectivity index (χ2n) is 7.13. The summed E-state index contributed by atoms with van der Waals surface area (Å²) in [6, 6.07) is 22.7. The first-order valence-corrected chi connectivity index (χ1v) is 11.4. The minimum Gasteiger partial charge on any atom is -0.481 e. The van der Waals surface area contributed by atoms with Crippen molar-refractivity contribution < 1.29 is 17.9 Å². The fraction of sp³-hybridized carbons (Fsp3) is 0.0833. The van der Waals surface area contributed by atoms with Gasteiger partial charge in [0.05, 0.1) is 16.8 Å². The number of fused-ring (bicyclic) bond motifs is 1. The molecule has 1 heterocycles. The molecule has 0 radical (unpaired) electrons. The minimum absolute atomic E-state index is 0.0693. The van der Waals surface area contributed by atoms with Crippen molar-refractivity contribution in [3.8, 4) is 5.75 Å². The third kappa shape index (κ3) is 5.04. The van der Waals surface area contributed by atoms with Crippen LogP contribution in [0.25, 0.3) is 10.8 Å². The van der Waals surface area contributed by atoms with E-state index in [0.717, 1.165) is 10.8 Å². The fourth-order valence-corrected chi connectivity index (χ4v) is 4.14. The van der Waals surface area contributed by atoms with E-state index in [-0.39, 0.29) is 10.8 Å². The van der Waals surface area contributed by atoms with E-state index in [1.807, 2.05) is 42.5 Å². The van der Waals surface area contributed by atoms with Gasteiger partial charge >= 0.3 is 0 Å². The first-order valence-electron chi connectivity index (χ1n) is 9.90. The van der Waals surface area contributed by atoms with Crippen molar-refractivity contribution in [1.82, 2.24) is 4.98 Å². The Hall–Kier alpha value is -3.91. The van der Waals surface area contributed by atoms with Crippen LogP contribution in [0.15, 0.2) is 96.2 Å². The van der Waals surface area contributed by atoms with E-state index >= 15 is 0 Å². The predicted molar refractivity (Wildman–Crippen MR) is 124 cm³/mol. The first-order chi connectivity index (χ1) is 15.4. The van der Waals surface area contributed by atoms with Crippen LogP contribution in [0.3, 0.4) is 0 Å². The normalized spacial score (nSPS) is 12.2. The van der Waals surface area contributed by atoms with Gasteiger partial charge in [-0.25, -0.2) is 8.42 Å². The smallest absolute Gasteiger partial charge is 0.265 e. The number of anilines is 2. The van der Waals surface area contributed by atoms with Crippen LogP contribution in [0.1, 0.15) is 6.92 Å². The molecule has 0 bridgehead atoms.